The van der Waals surface area contributed by atoms with E-state index in [9.17, 15) is 18.0 Å². The lowest BCUT2D eigenvalue weighted by Crippen LogP contribution is -2.53. The Kier molecular flexibility index (Phi) is 8.75. The van der Waals surface area contributed by atoms with E-state index in [0.717, 1.165) is 21.0 Å². The van der Waals surface area contributed by atoms with Gasteiger partial charge in [0.05, 0.1) is 11.4 Å². The molecular weight excluding hydrogens is 518 g/mol. The number of nitrogens with zero attached hydrogens (tertiary/aromatic N) is 2. The van der Waals surface area contributed by atoms with Crippen molar-refractivity contribution in [1.29, 1.82) is 0 Å². The lowest BCUT2D eigenvalue weighted by molar-refractivity contribution is -0.139. The molecular formula is C29H33N3O6S. The summed E-state index contributed by atoms with van der Waals surface area (Å²) in [6, 6.07) is 20.9. The van der Waals surface area contributed by atoms with Gasteiger partial charge in [0.2, 0.25) is 28.6 Å². The Hall–Kier alpha value is -4.05. The number of hydrogen-bond acceptors (Lipinski definition) is 6. The normalized spacial score (nSPS) is 13.0. The van der Waals surface area contributed by atoms with Gasteiger partial charge in [-0.3, -0.25) is 13.9 Å². The highest BCUT2D eigenvalue weighted by atomic mass is 32.2. The molecule has 1 atom stereocenters. The van der Waals surface area contributed by atoms with Crippen LogP contribution in [0.1, 0.15) is 23.6 Å². The molecule has 1 aliphatic heterocycles. The van der Waals surface area contributed by atoms with Gasteiger partial charge < -0.3 is 19.7 Å². The van der Waals surface area contributed by atoms with E-state index in [1.807, 2.05) is 61.5 Å². The Balaban J connectivity index is 1.73. The average Bonchev–Trinajstić information content (AvgIpc) is 3.42. The molecule has 1 unspecified atom stereocenters. The summed E-state index contributed by atoms with van der Waals surface area (Å²) < 4.78 is 38.3. The highest BCUT2D eigenvalue weighted by molar-refractivity contribution is 7.92. The maximum atomic E-state index is 14.1. The molecule has 206 valence electrons. The van der Waals surface area contributed by atoms with Crippen molar-refractivity contribution < 1.29 is 27.5 Å². The number of fused-ring (bicyclic) bond motifs is 1. The van der Waals surface area contributed by atoms with Crippen molar-refractivity contribution in [3.05, 3.63) is 89.5 Å². The average molecular weight is 552 g/mol. The number of rotatable bonds is 11. The topological polar surface area (TPSA) is 105 Å². The minimum absolute atomic E-state index is 0.0374. The number of hydrogen-bond donors (Lipinski definition) is 1. The Morgan fingerprint density at radius 2 is 1.67 bits per heavy atom. The third kappa shape index (κ3) is 6.51. The van der Waals surface area contributed by atoms with Crippen LogP contribution in [0, 0.1) is 6.92 Å². The fourth-order valence-electron chi connectivity index (χ4n) is 4.45. The van der Waals surface area contributed by atoms with Gasteiger partial charge in [0.1, 0.15) is 12.6 Å². The first-order valence-corrected chi connectivity index (χ1v) is 14.3. The smallest absolute Gasteiger partial charge is 0.244 e. The Labute approximate surface area is 229 Å². The van der Waals surface area contributed by atoms with Gasteiger partial charge in [-0.25, -0.2) is 8.42 Å². The first-order valence-electron chi connectivity index (χ1n) is 12.7. The van der Waals surface area contributed by atoms with Crippen molar-refractivity contribution >= 4 is 27.5 Å². The summed E-state index contributed by atoms with van der Waals surface area (Å²) in [6.45, 7) is 3.15. The van der Waals surface area contributed by atoms with Crippen molar-refractivity contribution in [2.24, 2.45) is 0 Å². The summed E-state index contributed by atoms with van der Waals surface area (Å²) in [5.41, 5.74) is 2.98. The molecule has 0 saturated heterocycles. The number of amides is 2. The van der Waals surface area contributed by atoms with Gasteiger partial charge in [0, 0.05) is 26.1 Å². The van der Waals surface area contributed by atoms with E-state index < -0.39 is 28.5 Å². The van der Waals surface area contributed by atoms with E-state index in [1.165, 1.54) is 18.9 Å². The number of ether oxygens (including phenoxy) is 2. The van der Waals surface area contributed by atoms with Crippen LogP contribution in [0.3, 0.4) is 0 Å². The summed E-state index contributed by atoms with van der Waals surface area (Å²) >= 11 is 0. The number of anilines is 1. The maximum Gasteiger partial charge on any atom is 0.244 e. The molecule has 39 heavy (non-hydrogen) atoms. The molecule has 0 aromatic heterocycles. The maximum absolute atomic E-state index is 14.1. The summed E-state index contributed by atoms with van der Waals surface area (Å²) in [5, 5.41) is 2.68. The molecule has 2 amide bonds. The number of carbonyl (C=O) groups excluding carboxylic acids is 2. The Bertz CT molecular complexity index is 1430. The highest BCUT2D eigenvalue weighted by Gasteiger charge is 2.34. The Morgan fingerprint density at radius 3 is 2.36 bits per heavy atom. The standard InChI is InChI=1S/C29H33N3O6S/c1-4-39(35,36)32(24-14-15-26-27(17-24)38-20-37-26)19-28(33)31(18-23-13-9-8-10-21(23)2)25(29(34)30-3)16-22-11-6-5-7-12-22/h5-15,17,25H,4,16,18-20H2,1-3H3,(H,30,34). The van der Waals surface area contributed by atoms with E-state index in [4.69, 9.17) is 9.47 Å². The minimum Gasteiger partial charge on any atom is -0.454 e. The van der Waals surface area contributed by atoms with Crippen molar-refractivity contribution in [3.63, 3.8) is 0 Å². The second-order valence-corrected chi connectivity index (χ2v) is 11.4. The third-order valence-corrected chi connectivity index (χ3v) is 8.48. The van der Waals surface area contributed by atoms with Crippen molar-refractivity contribution in [2.45, 2.75) is 32.9 Å². The predicted molar refractivity (Wildman–Crippen MR) is 149 cm³/mol. The fourth-order valence-corrected chi connectivity index (χ4v) is 5.51. The van der Waals surface area contributed by atoms with Crippen molar-refractivity contribution in [1.82, 2.24) is 10.2 Å². The molecule has 10 heteroatoms. The number of sulfonamides is 1. The molecule has 0 bridgehead atoms. The van der Waals surface area contributed by atoms with Crippen LogP contribution in [0.5, 0.6) is 11.5 Å². The summed E-state index contributed by atoms with van der Waals surface area (Å²) in [7, 11) is -2.34. The zero-order valence-electron chi connectivity index (χ0n) is 22.3. The van der Waals surface area contributed by atoms with Gasteiger partial charge >= 0.3 is 0 Å². The lowest BCUT2D eigenvalue weighted by Gasteiger charge is -2.33. The molecule has 1 heterocycles. The molecule has 0 saturated carbocycles. The molecule has 9 nitrogen and oxygen atoms in total. The third-order valence-electron chi connectivity index (χ3n) is 6.74. The van der Waals surface area contributed by atoms with E-state index in [2.05, 4.69) is 5.32 Å². The Morgan fingerprint density at radius 1 is 0.974 bits per heavy atom. The molecule has 0 spiro atoms. The lowest BCUT2D eigenvalue weighted by atomic mass is 10.0. The van der Waals surface area contributed by atoms with Gasteiger partial charge in [0.25, 0.3) is 0 Å². The molecule has 3 aromatic carbocycles. The largest absolute Gasteiger partial charge is 0.454 e. The van der Waals surface area contributed by atoms with Gasteiger partial charge in [-0.1, -0.05) is 54.6 Å². The molecule has 0 radical (unpaired) electrons. The minimum atomic E-state index is -3.86. The van der Waals surface area contributed by atoms with E-state index in [-0.39, 0.29) is 37.1 Å². The number of carbonyl (C=O) groups is 2. The van der Waals surface area contributed by atoms with Gasteiger partial charge in [-0.2, -0.15) is 0 Å². The SMILES string of the molecule is CCS(=O)(=O)N(CC(=O)N(Cc1ccccc1C)C(Cc1ccccc1)C(=O)NC)c1ccc2c(c1)OCO2. The number of nitrogens with one attached hydrogen (secondary N) is 1. The van der Waals surface area contributed by atoms with Crippen LogP contribution < -0.4 is 19.1 Å². The summed E-state index contributed by atoms with van der Waals surface area (Å²) in [4.78, 5) is 28.8. The van der Waals surface area contributed by atoms with Gasteiger partial charge in [-0.05, 0) is 42.7 Å². The zero-order chi connectivity index (χ0) is 28.0. The highest BCUT2D eigenvalue weighted by Crippen LogP contribution is 2.36. The van der Waals surface area contributed by atoms with Crippen molar-refractivity contribution in [2.75, 3.05) is 30.4 Å². The number of aryl methyl sites for hydroxylation is 1. The summed E-state index contributed by atoms with van der Waals surface area (Å²) in [5.74, 6) is -0.149. The quantitative estimate of drug-likeness (QED) is 0.392. The second kappa shape index (κ2) is 12.2. The fraction of sp³-hybridized carbons (Fsp3) is 0.310. The molecule has 3 aromatic rings. The van der Waals surface area contributed by atoms with Crippen LogP contribution in [-0.4, -0.2) is 57.3 Å². The van der Waals surface area contributed by atoms with Crippen LogP contribution in [0.25, 0.3) is 0 Å². The predicted octanol–water partition coefficient (Wildman–Crippen LogP) is 3.27. The number of benzene rings is 3. The monoisotopic (exact) mass is 551 g/mol. The number of likely N-dealkylation sites (N-methyl/N-ethyl adjacent to an activating group) is 1. The summed E-state index contributed by atoms with van der Waals surface area (Å²) in [6.07, 6.45) is 0.267. The first kappa shape index (κ1) is 28.0. The molecule has 1 N–H and O–H groups in total. The molecule has 0 fully saturated rings. The zero-order valence-corrected chi connectivity index (χ0v) is 23.1. The van der Waals surface area contributed by atoms with Crippen LogP contribution >= 0.6 is 0 Å². The van der Waals surface area contributed by atoms with E-state index >= 15 is 0 Å². The van der Waals surface area contributed by atoms with Crippen molar-refractivity contribution in [3.8, 4) is 11.5 Å². The molecule has 4 rings (SSSR count). The van der Waals surface area contributed by atoms with Crippen LogP contribution in [0.4, 0.5) is 5.69 Å². The molecule has 1 aliphatic rings. The second-order valence-electron chi connectivity index (χ2n) is 9.21. The van der Waals surface area contributed by atoms with Gasteiger partial charge in [-0.15, -0.1) is 0 Å². The van der Waals surface area contributed by atoms with Crippen LogP contribution in [0.15, 0.2) is 72.8 Å². The van der Waals surface area contributed by atoms with E-state index in [1.54, 1.807) is 18.2 Å². The van der Waals surface area contributed by atoms with E-state index in [0.29, 0.717) is 11.5 Å². The first-order chi connectivity index (χ1) is 18.7. The van der Waals surface area contributed by atoms with Gasteiger partial charge in [0.15, 0.2) is 11.5 Å². The van der Waals surface area contributed by atoms with Crippen LogP contribution in [0.2, 0.25) is 0 Å². The van der Waals surface area contributed by atoms with Crippen LogP contribution in [-0.2, 0) is 32.6 Å². The molecule has 0 aliphatic carbocycles.